The van der Waals surface area contributed by atoms with Gasteiger partial charge in [-0.15, -0.1) is 0 Å². The number of carbonyl (C=O) groups excluding carboxylic acids is 1. The Bertz CT molecular complexity index is 920. The van der Waals surface area contributed by atoms with Crippen molar-refractivity contribution in [1.29, 1.82) is 0 Å². The van der Waals surface area contributed by atoms with Crippen LogP contribution in [0.15, 0.2) is 36.5 Å². The molecule has 1 amide bonds. The highest BCUT2D eigenvalue weighted by atomic mass is 16.5. The van der Waals surface area contributed by atoms with Crippen molar-refractivity contribution in [3.05, 3.63) is 42.1 Å². The van der Waals surface area contributed by atoms with Gasteiger partial charge in [-0.1, -0.05) is 32.0 Å². The number of carbonyl (C=O) groups is 1. The Morgan fingerprint density at radius 2 is 2.09 bits per heavy atom. The fraction of sp³-hybridized carbons (Fsp3) is 0.520. The van der Waals surface area contributed by atoms with Crippen molar-refractivity contribution in [3.8, 4) is 22.8 Å². The topological polar surface area (TPSA) is 75.1 Å². The molecule has 0 fully saturated rings. The van der Waals surface area contributed by atoms with Gasteiger partial charge in [0.25, 0.3) is 5.91 Å². The third kappa shape index (κ3) is 5.22. The fourth-order valence-electron chi connectivity index (χ4n) is 4.13. The lowest BCUT2D eigenvalue weighted by Gasteiger charge is -2.37. The van der Waals surface area contributed by atoms with Gasteiger partial charge in [0.2, 0.25) is 5.88 Å². The van der Waals surface area contributed by atoms with Gasteiger partial charge in [0.15, 0.2) is 0 Å². The Labute approximate surface area is 191 Å². The smallest absolute Gasteiger partial charge is 0.259 e. The van der Waals surface area contributed by atoms with E-state index in [1.54, 1.807) is 18.2 Å². The molecule has 3 atom stereocenters. The molecular formula is C25H35N3O4. The van der Waals surface area contributed by atoms with Crippen LogP contribution in [0.1, 0.15) is 37.6 Å². The first-order valence-corrected chi connectivity index (χ1v) is 11.3. The quantitative estimate of drug-likeness (QED) is 0.677. The molecule has 2 heterocycles. The first-order chi connectivity index (χ1) is 15.4. The molecule has 1 aromatic carbocycles. The first kappa shape index (κ1) is 24.0. The average molecular weight is 442 g/mol. The Morgan fingerprint density at radius 3 is 2.78 bits per heavy atom. The Hall–Kier alpha value is -2.64. The van der Waals surface area contributed by atoms with Crippen LogP contribution < -0.4 is 9.47 Å². The third-order valence-corrected chi connectivity index (χ3v) is 6.04. The molecule has 174 valence electrons. The van der Waals surface area contributed by atoms with Gasteiger partial charge in [-0.25, -0.2) is 4.98 Å². The highest BCUT2D eigenvalue weighted by Crippen LogP contribution is 2.34. The normalized spacial score (nSPS) is 19.7. The number of benzene rings is 1. The standard InChI is InChI=1S/C25H35N3O4/c1-6-11-27(4)15-23-17(2)14-28(18(3)16-29)25(30)21-12-19(13-26-24(21)32-23)20-9-7-8-10-22(20)31-5/h7-10,12-13,17-18,23,29H,6,11,14-16H2,1-5H3/t17-,18+,23-/m1/s1. The number of pyridine rings is 1. The van der Waals surface area contributed by atoms with E-state index in [2.05, 4.69) is 30.8 Å². The zero-order valence-corrected chi connectivity index (χ0v) is 19.7. The number of hydrogen-bond donors (Lipinski definition) is 1. The molecule has 1 aliphatic heterocycles. The van der Waals surface area contributed by atoms with E-state index in [4.69, 9.17) is 9.47 Å². The molecule has 7 heteroatoms. The number of aliphatic hydroxyl groups excluding tert-OH is 1. The number of amides is 1. The number of rotatable bonds is 8. The van der Waals surface area contributed by atoms with Crippen molar-refractivity contribution in [2.24, 2.45) is 5.92 Å². The zero-order chi connectivity index (χ0) is 23.3. The van der Waals surface area contributed by atoms with E-state index in [1.807, 2.05) is 37.3 Å². The SMILES string of the molecule is CCCN(C)C[C@H]1Oc2ncc(-c3ccccc3OC)cc2C(=O)N([C@@H](C)CO)C[C@H]1C. The fourth-order valence-corrected chi connectivity index (χ4v) is 4.13. The summed E-state index contributed by atoms with van der Waals surface area (Å²) in [6.45, 7) is 8.21. The van der Waals surface area contributed by atoms with Crippen LogP contribution in [0.2, 0.25) is 0 Å². The van der Waals surface area contributed by atoms with Crippen LogP contribution in [0.3, 0.4) is 0 Å². The monoisotopic (exact) mass is 441 g/mol. The lowest BCUT2D eigenvalue weighted by atomic mass is 9.99. The minimum absolute atomic E-state index is 0.0797. The van der Waals surface area contributed by atoms with Crippen LogP contribution in [0, 0.1) is 5.92 Å². The Kier molecular flexibility index (Phi) is 8.10. The third-order valence-electron chi connectivity index (χ3n) is 6.04. The molecule has 0 spiro atoms. The summed E-state index contributed by atoms with van der Waals surface area (Å²) < 4.78 is 11.8. The second-order valence-electron chi connectivity index (χ2n) is 8.66. The molecule has 7 nitrogen and oxygen atoms in total. The minimum Gasteiger partial charge on any atom is -0.496 e. The predicted octanol–water partition coefficient (Wildman–Crippen LogP) is 3.32. The molecule has 0 unspecified atom stereocenters. The number of methoxy groups -OCH3 is 1. The molecule has 2 aromatic rings. The lowest BCUT2D eigenvalue weighted by molar-refractivity contribution is 0.0331. The van der Waals surface area contributed by atoms with E-state index < -0.39 is 0 Å². The minimum atomic E-state index is -0.306. The summed E-state index contributed by atoms with van der Waals surface area (Å²) in [5.74, 6) is 0.945. The van der Waals surface area contributed by atoms with Crippen LogP contribution in [0.5, 0.6) is 11.6 Å². The molecule has 0 saturated carbocycles. The summed E-state index contributed by atoms with van der Waals surface area (Å²) >= 11 is 0. The van der Waals surface area contributed by atoms with E-state index >= 15 is 0 Å². The number of fused-ring (bicyclic) bond motifs is 1. The van der Waals surface area contributed by atoms with Gasteiger partial charge in [0.1, 0.15) is 17.4 Å². The van der Waals surface area contributed by atoms with Crippen molar-refractivity contribution in [2.75, 3.05) is 40.4 Å². The molecule has 1 aromatic heterocycles. The summed E-state index contributed by atoms with van der Waals surface area (Å²) in [5, 5.41) is 9.82. The van der Waals surface area contributed by atoms with Crippen LogP contribution in [-0.2, 0) is 0 Å². The Balaban J connectivity index is 2.06. The van der Waals surface area contributed by atoms with Gasteiger partial charge >= 0.3 is 0 Å². The molecule has 1 aliphatic rings. The van der Waals surface area contributed by atoms with Crippen molar-refractivity contribution < 1.29 is 19.4 Å². The van der Waals surface area contributed by atoms with Crippen LogP contribution in [0.4, 0.5) is 0 Å². The van der Waals surface area contributed by atoms with E-state index in [0.29, 0.717) is 23.7 Å². The second kappa shape index (κ2) is 10.8. The van der Waals surface area contributed by atoms with Crippen molar-refractivity contribution in [1.82, 2.24) is 14.8 Å². The maximum Gasteiger partial charge on any atom is 0.259 e. The molecule has 32 heavy (non-hydrogen) atoms. The number of ether oxygens (including phenoxy) is 2. The lowest BCUT2D eigenvalue weighted by Crippen LogP contribution is -2.50. The van der Waals surface area contributed by atoms with Crippen LogP contribution in [-0.4, -0.2) is 78.3 Å². The number of likely N-dealkylation sites (N-methyl/N-ethyl adjacent to an activating group) is 1. The molecule has 0 radical (unpaired) electrons. The summed E-state index contributed by atoms with van der Waals surface area (Å²) in [4.78, 5) is 22.1. The second-order valence-corrected chi connectivity index (χ2v) is 8.66. The number of nitrogens with zero attached hydrogens (tertiary/aromatic N) is 3. The van der Waals surface area contributed by atoms with Crippen molar-refractivity contribution in [2.45, 2.75) is 39.3 Å². The maximum absolute atomic E-state index is 13.6. The van der Waals surface area contributed by atoms with Crippen molar-refractivity contribution in [3.63, 3.8) is 0 Å². The van der Waals surface area contributed by atoms with Crippen LogP contribution in [0.25, 0.3) is 11.1 Å². The number of para-hydroxylation sites is 1. The summed E-state index contributed by atoms with van der Waals surface area (Å²) in [6, 6.07) is 9.17. The first-order valence-electron chi connectivity index (χ1n) is 11.3. The summed E-state index contributed by atoms with van der Waals surface area (Å²) in [5.41, 5.74) is 2.04. The van der Waals surface area contributed by atoms with E-state index in [1.165, 1.54) is 0 Å². The summed E-state index contributed by atoms with van der Waals surface area (Å²) in [7, 11) is 3.70. The van der Waals surface area contributed by atoms with E-state index in [0.717, 1.165) is 30.6 Å². The Morgan fingerprint density at radius 1 is 1.34 bits per heavy atom. The van der Waals surface area contributed by atoms with Gasteiger partial charge < -0.3 is 24.4 Å². The van der Waals surface area contributed by atoms with E-state index in [-0.39, 0.29) is 30.6 Å². The summed E-state index contributed by atoms with van der Waals surface area (Å²) in [6.07, 6.45) is 2.65. The molecule has 0 saturated heterocycles. The van der Waals surface area contributed by atoms with Crippen LogP contribution >= 0.6 is 0 Å². The largest absolute Gasteiger partial charge is 0.496 e. The van der Waals surface area contributed by atoms with Gasteiger partial charge in [-0.05, 0) is 39.1 Å². The maximum atomic E-state index is 13.6. The predicted molar refractivity (Wildman–Crippen MR) is 125 cm³/mol. The van der Waals surface area contributed by atoms with Gasteiger partial charge in [-0.2, -0.15) is 0 Å². The molecule has 0 bridgehead atoms. The molecule has 3 rings (SSSR count). The van der Waals surface area contributed by atoms with Gasteiger partial charge in [-0.3, -0.25) is 4.79 Å². The molecule has 1 N–H and O–H groups in total. The number of aliphatic hydroxyl groups is 1. The number of hydrogen-bond acceptors (Lipinski definition) is 6. The molecular weight excluding hydrogens is 406 g/mol. The van der Waals surface area contributed by atoms with E-state index in [9.17, 15) is 9.90 Å². The molecule has 0 aliphatic carbocycles. The van der Waals surface area contributed by atoms with Gasteiger partial charge in [0, 0.05) is 36.3 Å². The van der Waals surface area contributed by atoms with Gasteiger partial charge in [0.05, 0.1) is 19.8 Å². The number of aromatic nitrogens is 1. The average Bonchev–Trinajstić information content (AvgIpc) is 2.80. The highest BCUT2D eigenvalue weighted by Gasteiger charge is 2.34. The zero-order valence-electron chi connectivity index (χ0n) is 19.7. The van der Waals surface area contributed by atoms with Crippen molar-refractivity contribution >= 4 is 5.91 Å². The highest BCUT2D eigenvalue weighted by molar-refractivity contribution is 5.98.